The fourth-order valence-electron chi connectivity index (χ4n) is 8.01. The number of hydrogen-bond donors (Lipinski definition) is 6. The molecule has 0 amide bonds. The number of H-pyrrole nitrogens is 2. The van der Waals surface area contributed by atoms with Gasteiger partial charge >= 0.3 is 17.1 Å². The number of nitrogens with one attached hydrogen (secondary N) is 2. The molecule has 4 aromatic carbocycles. The Balaban J connectivity index is 0.00000711. The predicted molar refractivity (Wildman–Crippen MR) is 280 cm³/mol. The summed E-state index contributed by atoms with van der Waals surface area (Å²) >= 11 is 54.7. The Morgan fingerprint density at radius 1 is 0.315 bits per heavy atom. The Hall–Kier alpha value is -4.04. The van der Waals surface area contributed by atoms with Crippen LogP contribution in [0.2, 0.25) is 40.2 Å². The quantitative estimate of drug-likeness (QED) is 0.0610. The first kappa shape index (κ1) is 55.2. The molecule has 2 aliphatic heterocycles. The van der Waals surface area contributed by atoms with Crippen molar-refractivity contribution in [3.05, 3.63) is 136 Å². The summed E-state index contributed by atoms with van der Waals surface area (Å²) in [5.41, 5.74) is 1.32. The molecule has 5 heterocycles. The van der Waals surface area contributed by atoms with Crippen molar-refractivity contribution in [1.29, 1.82) is 0 Å². The van der Waals surface area contributed by atoms with E-state index in [1.54, 1.807) is 0 Å². The first-order valence-electron chi connectivity index (χ1n) is 19.5. The summed E-state index contributed by atoms with van der Waals surface area (Å²) in [7, 11) is -19.4. The minimum Gasteiger partial charge on any atom is -0.354 e. The summed E-state index contributed by atoms with van der Waals surface area (Å²) in [6, 6.07) is 13.8. The zero-order valence-corrected chi connectivity index (χ0v) is 45.6. The van der Waals surface area contributed by atoms with Crippen molar-refractivity contribution in [1.82, 2.24) is 19.9 Å². The van der Waals surface area contributed by atoms with Crippen LogP contribution in [0.15, 0.2) is 92.4 Å². The minimum atomic E-state index is -4.85. The summed E-state index contributed by atoms with van der Waals surface area (Å²) in [6.45, 7) is 0. The summed E-state index contributed by atoms with van der Waals surface area (Å²) in [5, 5.41) is -2.27. The number of rotatable bonds is 8. The zero-order chi connectivity index (χ0) is 52.3. The van der Waals surface area contributed by atoms with Gasteiger partial charge in [0.05, 0.1) is 82.5 Å². The molecule has 0 atom stereocenters. The van der Waals surface area contributed by atoms with Crippen molar-refractivity contribution < 1.29 is 69.0 Å². The van der Waals surface area contributed by atoms with Gasteiger partial charge in [-0.2, -0.15) is 33.7 Å². The molecule has 0 aliphatic carbocycles. The molecule has 375 valence electrons. The van der Waals surface area contributed by atoms with E-state index in [2.05, 4.69) is 9.97 Å². The second-order valence-corrected chi connectivity index (χ2v) is 24.4. The van der Waals surface area contributed by atoms with E-state index >= 15 is 0 Å². The maximum absolute atomic E-state index is 12.3. The molecule has 3 aromatic heterocycles. The van der Waals surface area contributed by atoms with Crippen LogP contribution in [0, 0.1) is 0 Å². The van der Waals surface area contributed by atoms with E-state index in [0.717, 1.165) is 48.5 Å². The van der Waals surface area contributed by atoms with Crippen molar-refractivity contribution in [3.8, 4) is 44.5 Å². The van der Waals surface area contributed by atoms with E-state index in [1.165, 1.54) is 48.6 Å². The Morgan fingerprint density at radius 2 is 0.479 bits per heavy atom. The van der Waals surface area contributed by atoms with Crippen LogP contribution in [0.25, 0.3) is 90.9 Å². The number of hydrogen-bond acceptors (Lipinski definition) is 10. The molecule has 0 fully saturated rings. The third kappa shape index (κ3) is 10.5. The van der Waals surface area contributed by atoms with Crippen molar-refractivity contribution >= 4 is 180 Å². The molecule has 0 saturated carbocycles. The molecule has 0 unspecified atom stereocenters. The molecule has 2 aliphatic rings. The predicted octanol–water partition coefficient (Wildman–Crippen LogP) is 13.5. The molecule has 6 N–H and O–H groups in total. The van der Waals surface area contributed by atoms with Gasteiger partial charge in [-0.05, 0) is 97.1 Å². The van der Waals surface area contributed by atoms with Gasteiger partial charge in [0.25, 0.3) is 40.5 Å². The van der Waals surface area contributed by atoms with Crippen LogP contribution >= 0.6 is 92.8 Å². The van der Waals surface area contributed by atoms with Gasteiger partial charge in [0.2, 0.25) is 0 Å². The van der Waals surface area contributed by atoms with Gasteiger partial charge in [-0.25, -0.2) is 9.97 Å². The molecule has 29 heteroatoms. The number of halogens is 8. The first-order valence-corrected chi connectivity index (χ1v) is 28.3. The maximum atomic E-state index is 12.3. The molecule has 1 radical (unpaired) electrons. The Morgan fingerprint density at radius 3 is 0.630 bits per heavy atom. The third-order valence-electron chi connectivity index (χ3n) is 11.0. The van der Waals surface area contributed by atoms with Gasteiger partial charge in [-0.3, -0.25) is 18.2 Å². The summed E-state index contributed by atoms with van der Waals surface area (Å²) in [5.74, 6) is 0. The fourth-order valence-corrected chi connectivity index (χ4v) is 13.4. The van der Waals surface area contributed by atoms with Crippen LogP contribution in [0.4, 0.5) is 0 Å². The molecule has 9 rings (SSSR count). The molecule has 16 nitrogen and oxygen atoms in total. The number of benzene rings is 4. The summed E-state index contributed by atoms with van der Waals surface area (Å²) < 4.78 is 138. The minimum absolute atomic E-state index is 0. The largest absolute Gasteiger partial charge is 3.00 e. The number of nitrogens with zero attached hydrogens (tertiary/aromatic N) is 2. The molecule has 0 saturated heterocycles. The monoisotopic (exact) mass is 1260 g/mol. The molecule has 8 bridgehead atoms. The van der Waals surface area contributed by atoms with Crippen molar-refractivity contribution in [2.24, 2.45) is 0 Å². The van der Waals surface area contributed by atoms with Gasteiger partial charge in [-0.15, -0.1) is 0 Å². The normalized spacial score (nSPS) is 12.9. The van der Waals surface area contributed by atoms with Gasteiger partial charge in [0.15, 0.2) is 0 Å². The Labute approximate surface area is 464 Å². The molecule has 7 aromatic rings. The topological polar surface area (TPSA) is 275 Å². The Bertz CT molecular complexity index is 3710. The third-order valence-corrected chi connectivity index (χ3v) is 16.7. The van der Waals surface area contributed by atoms with Crippen LogP contribution in [0.1, 0.15) is 22.8 Å². The van der Waals surface area contributed by atoms with E-state index in [-0.39, 0.29) is 147 Å². The fraction of sp³-hybridized carbons (Fsp3) is 0. The van der Waals surface area contributed by atoms with Gasteiger partial charge in [-0.1, -0.05) is 92.8 Å². The van der Waals surface area contributed by atoms with Crippen LogP contribution in [-0.2, 0) is 57.5 Å². The van der Waals surface area contributed by atoms with E-state index < -0.39 is 60.1 Å². The zero-order valence-electron chi connectivity index (χ0n) is 35.2. The number of aromatic amines is 2. The molecular weight excluding hydrogens is 1240 g/mol. The van der Waals surface area contributed by atoms with Crippen molar-refractivity contribution in [3.63, 3.8) is 0 Å². The van der Waals surface area contributed by atoms with E-state index in [4.69, 9.17) is 103 Å². The molecule has 0 spiro atoms. The average Bonchev–Trinajstić information content (AvgIpc) is 4.10. The molecular formula is C44H22Cl8FeN4O12S4+3. The van der Waals surface area contributed by atoms with Gasteiger partial charge < -0.3 is 9.97 Å². The standard InChI is InChI=1S/C44H22Cl8N4O12S4.Fe/c45-21-9-17(69(57,58)59)10-22(46)37(21)41-29-1-2-30(53-29)42(38-23(47)11-18(12-24(38)48)70(60,61)62)32-5-6-34(55-32)44(40-27(51)15-20(16-28(40)52)72(66,67)68)36-8-7-35(56-36)43(33-4-3-31(41)54-33)39-25(49)13-19(14-26(39)50)71(63,64)65;/h1-16,53,56H,(H,57,58,59)(H,60,61,62)(H,63,64,65)(H,66,67,68);/q;+3. The summed E-state index contributed by atoms with van der Waals surface area (Å²) in [4.78, 5) is 13.9. The van der Waals surface area contributed by atoms with Crippen molar-refractivity contribution in [2.75, 3.05) is 0 Å². The summed E-state index contributed by atoms with van der Waals surface area (Å²) in [6.07, 6.45) is 6.04. The second kappa shape index (κ2) is 19.8. The van der Waals surface area contributed by atoms with Gasteiger partial charge in [0.1, 0.15) is 0 Å². The Kier molecular flexibility index (Phi) is 15.0. The van der Waals surface area contributed by atoms with E-state index in [1.807, 2.05) is 0 Å². The van der Waals surface area contributed by atoms with Crippen LogP contribution in [-0.4, -0.2) is 71.8 Å². The number of fused-ring (bicyclic) bond motifs is 8. The van der Waals surface area contributed by atoms with E-state index in [9.17, 15) is 51.9 Å². The van der Waals surface area contributed by atoms with Crippen LogP contribution < -0.4 is 0 Å². The number of aromatic nitrogens is 4. The first-order chi connectivity index (χ1) is 33.5. The smallest absolute Gasteiger partial charge is 0.354 e. The second-order valence-electron chi connectivity index (χ2n) is 15.5. The SMILES string of the molecule is O=S(=O)(O)c1cc(Cl)c(-c2c3nc(c(-c4c(Cl)cc(S(=O)(=O)O)cc4Cl)c4ccc([nH]4)c(-c4c(Cl)cc(S(=O)(=O)O)cc4Cl)c4nc(c(-c5c(Cl)cc(S(=O)(=O)O)cc5Cl)c5ccc2[nH]5)C=C4)C=C3)c(Cl)c1.[Fe+3]. The van der Waals surface area contributed by atoms with Crippen LogP contribution in [0.3, 0.4) is 0 Å². The average molecular weight is 1270 g/mol. The van der Waals surface area contributed by atoms with Gasteiger partial charge in [0, 0.05) is 66.6 Å². The van der Waals surface area contributed by atoms with Crippen molar-refractivity contribution in [2.45, 2.75) is 19.6 Å². The maximum Gasteiger partial charge on any atom is 3.00 e. The molecule has 73 heavy (non-hydrogen) atoms. The van der Waals surface area contributed by atoms with E-state index in [0.29, 0.717) is 0 Å². The van der Waals surface area contributed by atoms with Crippen LogP contribution in [0.5, 0.6) is 0 Å².